The van der Waals surface area contributed by atoms with Gasteiger partial charge in [0.1, 0.15) is 0 Å². The number of rotatable bonds is 5. The van der Waals surface area contributed by atoms with Gasteiger partial charge in [-0.1, -0.05) is 152 Å². The molecule has 0 aliphatic rings. The minimum atomic E-state index is 1.15. The van der Waals surface area contributed by atoms with Crippen LogP contribution in [0.25, 0.3) is 88.4 Å². The van der Waals surface area contributed by atoms with Gasteiger partial charge in [-0.2, -0.15) is 0 Å². The van der Waals surface area contributed by atoms with Crippen LogP contribution in [0.15, 0.2) is 194 Å². The third-order valence-corrected chi connectivity index (χ3v) is 10.1. The van der Waals surface area contributed by atoms with Crippen LogP contribution in [0.4, 0.5) is 0 Å². The van der Waals surface area contributed by atoms with Crippen molar-refractivity contribution in [2.75, 3.05) is 0 Å². The maximum Gasteiger partial charge on any atom is 0.0619 e. The highest BCUT2D eigenvalue weighted by Crippen LogP contribution is 2.42. The Kier molecular flexibility index (Phi) is 6.53. The summed E-state index contributed by atoms with van der Waals surface area (Å²) < 4.78 is 4.90. The summed E-state index contributed by atoms with van der Waals surface area (Å²) in [6.45, 7) is 0. The van der Waals surface area contributed by atoms with E-state index < -0.39 is 0 Å². The van der Waals surface area contributed by atoms with Crippen molar-refractivity contribution >= 4 is 43.6 Å². The quantitative estimate of drug-likeness (QED) is 0.178. The zero-order chi connectivity index (χ0) is 33.0. The highest BCUT2D eigenvalue weighted by atomic mass is 15.0. The highest BCUT2D eigenvalue weighted by molar-refractivity contribution is 6.21. The van der Waals surface area contributed by atoms with Crippen molar-refractivity contribution in [3.63, 3.8) is 0 Å². The number of nitrogens with zero attached hydrogens (tertiary/aromatic N) is 2. The molecule has 10 aromatic rings. The fraction of sp³-hybridized carbons (Fsp3) is 0. The van der Waals surface area contributed by atoms with Crippen LogP contribution in [0, 0.1) is 0 Å². The lowest BCUT2D eigenvalue weighted by Crippen LogP contribution is -1.97. The maximum absolute atomic E-state index is 2.46. The molecule has 0 fully saturated rings. The first-order valence-electron chi connectivity index (χ1n) is 17.2. The van der Waals surface area contributed by atoms with Crippen LogP contribution >= 0.6 is 0 Å². The van der Waals surface area contributed by atoms with Gasteiger partial charge in [-0.3, -0.25) is 0 Å². The van der Waals surface area contributed by atoms with Gasteiger partial charge in [-0.25, -0.2) is 0 Å². The molecular weight excluding hydrogens is 605 g/mol. The Labute approximate surface area is 290 Å². The summed E-state index contributed by atoms with van der Waals surface area (Å²) in [5.74, 6) is 0. The lowest BCUT2D eigenvalue weighted by molar-refractivity contribution is 1.16. The van der Waals surface area contributed by atoms with Crippen molar-refractivity contribution < 1.29 is 0 Å². The van der Waals surface area contributed by atoms with Gasteiger partial charge in [-0.15, -0.1) is 0 Å². The van der Waals surface area contributed by atoms with E-state index in [0.29, 0.717) is 0 Å². The average molecular weight is 637 g/mol. The van der Waals surface area contributed by atoms with Crippen LogP contribution in [0.5, 0.6) is 0 Å². The molecule has 2 heterocycles. The van der Waals surface area contributed by atoms with Crippen LogP contribution in [-0.2, 0) is 0 Å². The molecular formula is C48H32N2. The number of para-hydroxylation sites is 3. The van der Waals surface area contributed by atoms with Crippen molar-refractivity contribution in [1.29, 1.82) is 0 Å². The number of fused-ring (bicyclic) bond motifs is 6. The third kappa shape index (κ3) is 4.50. The Balaban J connectivity index is 1.23. The topological polar surface area (TPSA) is 9.86 Å². The maximum atomic E-state index is 2.46. The van der Waals surface area contributed by atoms with Gasteiger partial charge in [-0.05, 0) is 70.3 Å². The predicted molar refractivity (Wildman–Crippen MR) is 211 cm³/mol. The lowest BCUT2D eigenvalue weighted by atomic mass is 10.00. The minimum Gasteiger partial charge on any atom is -0.309 e. The summed E-state index contributed by atoms with van der Waals surface area (Å²) in [6.07, 6.45) is 0. The van der Waals surface area contributed by atoms with E-state index in [-0.39, 0.29) is 0 Å². The van der Waals surface area contributed by atoms with Crippen molar-refractivity contribution in [3.8, 4) is 44.8 Å². The van der Waals surface area contributed by atoms with Gasteiger partial charge in [0.2, 0.25) is 0 Å². The molecule has 0 bridgehead atoms. The molecule has 0 radical (unpaired) electrons. The molecule has 234 valence electrons. The van der Waals surface area contributed by atoms with Gasteiger partial charge in [0.25, 0.3) is 0 Å². The molecule has 0 saturated carbocycles. The Bertz CT molecular complexity index is 2820. The van der Waals surface area contributed by atoms with E-state index in [4.69, 9.17) is 0 Å². The molecule has 0 spiro atoms. The third-order valence-electron chi connectivity index (χ3n) is 10.1. The van der Waals surface area contributed by atoms with E-state index in [1.165, 1.54) is 77.0 Å². The molecule has 0 unspecified atom stereocenters. The van der Waals surface area contributed by atoms with Crippen molar-refractivity contribution in [2.45, 2.75) is 0 Å². The van der Waals surface area contributed by atoms with E-state index in [1.807, 2.05) is 0 Å². The summed E-state index contributed by atoms with van der Waals surface area (Å²) in [5.41, 5.74) is 14.4. The van der Waals surface area contributed by atoms with Gasteiger partial charge in [0.15, 0.2) is 0 Å². The van der Waals surface area contributed by atoms with Crippen LogP contribution < -0.4 is 0 Å². The number of aromatic nitrogens is 2. The van der Waals surface area contributed by atoms with Gasteiger partial charge in [0, 0.05) is 38.5 Å². The molecule has 0 atom stereocenters. The molecule has 0 saturated heterocycles. The van der Waals surface area contributed by atoms with Crippen LogP contribution in [0.2, 0.25) is 0 Å². The van der Waals surface area contributed by atoms with Crippen molar-refractivity contribution in [3.05, 3.63) is 194 Å². The number of hydrogen-bond donors (Lipinski definition) is 0. The molecule has 0 aliphatic heterocycles. The Morgan fingerprint density at radius 1 is 0.260 bits per heavy atom. The van der Waals surface area contributed by atoms with Gasteiger partial charge < -0.3 is 9.13 Å². The average Bonchev–Trinajstić information content (AvgIpc) is 3.70. The zero-order valence-electron chi connectivity index (χ0n) is 27.4. The van der Waals surface area contributed by atoms with Gasteiger partial charge >= 0.3 is 0 Å². The largest absolute Gasteiger partial charge is 0.309 e. The van der Waals surface area contributed by atoms with Crippen LogP contribution in [0.3, 0.4) is 0 Å². The molecule has 2 heteroatoms. The molecule has 50 heavy (non-hydrogen) atoms. The van der Waals surface area contributed by atoms with E-state index in [9.17, 15) is 0 Å². The molecule has 10 rings (SSSR count). The van der Waals surface area contributed by atoms with Crippen molar-refractivity contribution in [2.24, 2.45) is 0 Å². The Morgan fingerprint density at radius 3 is 1.54 bits per heavy atom. The molecule has 2 nitrogen and oxygen atoms in total. The first-order chi connectivity index (χ1) is 24.8. The zero-order valence-corrected chi connectivity index (χ0v) is 27.4. The number of hydrogen-bond acceptors (Lipinski definition) is 0. The number of benzene rings is 8. The van der Waals surface area contributed by atoms with Crippen LogP contribution in [0.1, 0.15) is 0 Å². The summed E-state index contributed by atoms with van der Waals surface area (Å²) in [4.78, 5) is 0. The van der Waals surface area contributed by atoms with E-state index >= 15 is 0 Å². The summed E-state index contributed by atoms with van der Waals surface area (Å²) in [7, 11) is 0. The first kappa shape index (κ1) is 28.4. The Hall–Kier alpha value is -6.64. The molecule has 2 aromatic heterocycles. The second-order valence-corrected chi connectivity index (χ2v) is 13.0. The standard InChI is InChI=1S/C48H32N2/c1-4-14-33(15-5-1)34-26-28-35(29-27-34)37-18-12-21-39(30-37)49-45-25-11-10-22-41(45)43-31-44-42-24-13-23-40(36-16-6-2-7-17-36)48(42)50(47(44)32-46(43)49)38-19-8-3-9-20-38/h1-32H. The van der Waals surface area contributed by atoms with Gasteiger partial charge in [0.05, 0.1) is 22.1 Å². The second kappa shape index (κ2) is 11.5. The molecule has 0 aliphatic carbocycles. The highest BCUT2D eigenvalue weighted by Gasteiger charge is 2.20. The Morgan fingerprint density at radius 2 is 0.780 bits per heavy atom. The normalized spacial score (nSPS) is 11.6. The van der Waals surface area contributed by atoms with Crippen molar-refractivity contribution in [1.82, 2.24) is 9.13 Å². The SMILES string of the molecule is c1ccc(-c2ccc(-c3cccc(-n4c5ccccc5c5cc6c7cccc(-c8ccccc8)c7n(-c7ccccc7)c6cc54)c3)cc2)cc1. The molecule has 8 aromatic carbocycles. The smallest absolute Gasteiger partial charge is 0.0619 e. The first-order valence-corrected chi connectivity index (χ1v) is 17.2. The monoisotopic (exact) mass is 636 g/mol. The van der Waals surface area contributed by atoms with E-state index in [1.54, 1.807) is 0 Å². The summed E-state index contributed by atoms with van der Waals surface area (Å²) in [5, 5.41) is 5.01. The fourth-order valence-electron chi connectivity index (χ4n) is 7.81. The summed E-state index contributed by atoms with van der Waals surface area (Å²) >= 11 is 0. The van der Waals surface area contributed by atoms with Crippen LogP contribution in [-0.4, -0.2) is 9.13 Å². The molecule has 0 N–H and O–H groups in total. The fourth-order valence-corrected chi connectivity index (χ4v) is 7.81. The molecule has 0 amide bonds. The summed E-state index contributed by atoms with van der Waals surface area (Å²) in [6, 6.07) is 70.4. The lowest BCUT2D eigenvalue weighted by Gasteiger charge is -2.13. The van der Waals surface area contributed by atoms with E-state index in [0.717, 1.165) is 11.4 Å². The second-order valence-electron chi connectivity index (χ2n) is 13.0. The van der Waals surface area contributed by atoms with E-state index in [2.05, 4.69) is 203 Å². The predicted octanol–water partition coefficient (Wildman–Crippen LogP) is 12.9. The minimum absolute atomic E-state index is 1.15.